The number of rotatable bonds is 9. The minimum absolute atomic E-state index is 0. The van der Waals surface area contributed by atoms with Crippen LogP contribution in [-0.4, -0.2) is 73.9 Å². The lowest BCUT2D eigenvalue weighted by molar-refractivity contribution is -0.0721. The van der Waals surface area contributed by atoms with Crippen LogP contribution in [0.5, 0.6) is 0 Å². The summed E-state index contributed by atoms with van der Waals surface area (Å²) in [5.41, 5.74) is 2.67. The van der Waals surface area contributed by atoms with Crippen molar-refractivity contribution in [2.45, 2.75) is 84.2 Å². The number of aliphatic imine (C=N–C) groups is 1. The predicted octanol–water partition coefficient (Wildman–Crippen LogP) is 4.66. The van der Waals surface area contributed by atoms with Crippen molar-refractivity contribution < 1.29 is 9.47 Å². The van der Waals surface area contributed by atoms with E-state index in [1.54, 1.807) is 0 Å². The van der Waals surface area contributed by atoms with Gasteiger partial charge in [-0.1, -0.05) is 24.3 Å². The summed E-state index contributed by atoms with van der Waals surface area (Å²) < 4.78 is 12.0. The number of nitrogens with one attached hydrogen (secondary N) is 1. The summed E-state index contributed by atoms with van der Waals surface area (Å²) in [7, 11) is 2.18. The van der Waals surface area contributed by atoms with E-state index in [1.165, 1.54) is 24.0 Å². The van der Waals surface area contributed by atoms with Gasteiger partial charge in [-0.2, -0.15) is 0 Å². The summed E-state index contributed by atoms with van der Waals surface area (Å²) in [6.45, 7) is 12.8. The number of guanidine groups is 1. The van der Waals surface area contributed by atoms with E-state index in [0.29, 0.717) is 24.8 Å². The van der Waals surface area contributed by atoms with E-state index in [9.17, 15) is 0 Å². The van der Waals surface area contributed by atoms with Gasteiger partial charge in [-0.25, -0.2) is 4.99 Å². The predicted molar refractivity (Wildman–Crippen MR) is 147 cm³/mol. The van der Waals surface area contributed by atoms with Crippen molar-refractivity contribution in [1.82, 2.24) is 15.1 Å². The van der Waals surface area contributed by atoms with E-state index in [-0.39, 0.29) is 24.0 Å². The van der Waals surface area contributed by atoms with Gasteiger partial charge in [-0.05, 0) is 71.0 Å². The second kappa shape index (κ2) is 15.2. The monoisotopic (exact) mass is 572 g/mol. The standard InChI is InChI=1S/C26H44N4O2.HI/c1-5-27-26(28-18-22-10-6-7-11-23(22)19-29(4)21(2)3)30-15-13-24(14-16-30)32-20-25-12-8-9-17-31-25;/h6-7,10-11,21,24-25H,5,8-9,12-20H2,1-4H3,(H,27,28);1H. The van der Waals surface area contributed by atoms with Gasteiger partial charge < -0.3 is 19.7 Å². The fourth-order valence-corrected chi connectivity index (χ4v) is 4.32. The Morgan fingerprint density at radius 2 is 1.91 bits per heavy atom. The molecule has 1 aromatic rings. The number of nitrogens with zero attached hydrogens (tertiary/aromatic N) is 3. The van der Waals surface area contributed by atoms with E-state index >= 15 is 0 Å². The summed E-state index contributed by atoms with van der Waals surface area (Å²) in [5, 5.41) is 3.50. The molecule has 7 heteroatoms. The number of piperidine rings is 1. The Morgan fingerprint density at radius 1 is 1.18 bits per heavy atom. The molecule has 2 saturated heterocycles. The van der Waals surface area contributed by atoms with Crippen molar-refractivity contribution in [3.8, 4) is 0 Å². The third-order valence-electron chi connectivity index (χ3n) is 6.69. The maximum atomic E-state index is 6.20. The van der Waals surface area contributed by atoms with Gasteiger partial charge in [0.1, 0.15) is 0 Å². The van der Waals surface area contributed by atoms with Crippen LogP contribution in [0.2, 0.25) is 0 Å². The fraction of sp³-hybridized carbons (Fsp3) is 0.731. The summed E-state index contributed by atoms with van der Waals surface area (Å²) in [6.07, 6.45) is 6.35. The first-order valence-electron chi connectivity index (χ1n) is 12.6. The molecular formula is C26H45IN4O2. The minimum atomic E-state index is 0. The molecule has 1 aromatic carbocycles. The Kier molecular flexibility index (Phi) is 13.0. The van der Waals surface area contributed by atoms with E-state index in [1.807, 2.05) is 0 Å². The average Bonchev–Trinajstić information content (AvgIpc) is 2.82. The van der Waals surface area contributed by atoms with Crippen LogP contribution in [0.4, 0.5) is 0 Å². The highest BCUT2D eigenvalue weighted by Gasteiger charge is 2.24. The third-order valence-corrected chi connectivity index (χ3v) is 6.69. The molecule has 0 aromatic heterocycles. The first-order valence-corrected chi connectivity index (χ1v) is 12.6. The van der Waals surface area contributed by atoms with E-state index in [4.69, 9.17) is 14.5 Å². The Labute approximate surface area is 218 Å². The summed E-state index contributed by atoms with van der Waals surface area (Å²) in [5.74, 6) is 1.02. The molecule has 6 nitrogen and oxygen atoms in total. The summed E-state index contributed by atoms with van der Waals surface area (Å²) in [4.78, 5) is 9.78. The lowest BCUT2D eigenvalue weighted by Crippen LogP contribution is -2.47. The van der Waals surface area contributed by atoms with E-state index < -0.39 is 0 Å². The molecule has 0 bridgehead atoms. The van der Waals surface area contributed by atoms with Gasteiger partial charge in [0.05, 0.1) is 25.4 Å². The third kappa shape index (κ3) is 9.34. The molecule has 0 saturated carbocycles. The Balaban J connectivity index is 0.00000385. The molecule has 33 heavy (non-hydrogen) atoms. The molecule has 2 heterocycles. The highest BCUT2D eigenvalue weighted by molar-refractivity contribution is 14.0. The van der Waals surface area contributed by atoms with Crippen LogP contribution in [0.3, 0.4) is 0 Å². The SMILES string of the molecule is CCNC(=NCc1ccccc1CN(C)C(C)C)N1CCC(OCC2CCCCO2)CC1.I. The van der Waals surface area contributed by atoms with Gasteiger partial charge in [0, 0.05) is 38.8 Å². The smallest absolute Gasteiger partial charge is 0.194 e. The van der Waals surface area contributed by atoms with Crippen molar-refractivity contribution in [3.05, 3.63) is 35.4 Å². The first-order chi connectivity index (χ1) is 15.6. The minimum Gasteiger partial charge on any atom is -0.376 e. The second-order valence-corrected chi connectivity index (χ2v) is 9.46. The molecule has 0 spiro atoms. The van der Waals surface area contributed by atoms with Crippen molar-refractivity contribution in [2.24, 2.45) is 4.99 Å². The molecule has 1 N–H and O–H groups in total. The van der Waals surface area contributed by atoms with Crippen LogP contribution in [0.15, 0.2) is 29.3 Å². The fourth-order valence-electron chi connectivity index (χ4n) is 4.32. The van der Waals surface area contributed by atoms with Crippen LogP contribution in [0.25, 0.3) is 0 Å². The van der Waals surface area contributed by atoms with Gasteiger partial charge >= 0.3 is 0 Å². The number of ether oxygens (including phenoxy) is 2. The Morgan fingerprint density at radius 3 is 2.55 bits per heavy atom. The lowest BCUT2D eigenvalue weighted by atomic mass is 10.1. The number of halogens is 1. The zero-order chi connectivity index (χ0) is 22.8. The van der Waals surface area contributed by atoms with Crippen LogP contribution in [0, 0.1) is 0 Å². The zero-order valence-corrected chi connectivity index (χ0v) is 23.4. The molecular weight excluding hydrogens is 527 g/mol. The molecule has 3 rings (SSSR count). The number of hydrogen-bond acceptors (Lipinski definition) is 4. The van der Waals surface area contributed by atoms with Gasteiger partial charge in [0.15, 0.2) is 5.96 Å². The topological polar surface area (TPSA) is 49.3 Å². The molecule has 2 aliphatic heterocycles. The van der Waals surface area contributed by atoms with Crippen LogP contribution >= 0.6 is 24.0 Å². The summed E-state index contributed by atoms with van der Waals surface area (Å²) >= 11 is 0. The highest BCUT2D eigenvalue weighted by atomic mass is 127. The van der Waals surface area contributed by atoms with E-state index in [2.05, 4.69) is 67.2 Å². The Bertz CT molecular complexity index is 701. The maximum absolute atomic E-state index is 6.20. The number of benzene rings is 1. The quantitative estimate of drug-likeness (QED) is 0.265. The molecule has 2 aliphatic rings. The average molecular weight is 573 g/mol. The van der Waals surface area contributed by atoms with Crippen molar-refractivity contribution >= 4 is 29.9 Å². The molecule has 1 unspecified atom stereocenters. The Hall–Kier alpha value is -0.900. The van der Waals surface area contributed by atoms with Crippen LogP contribution in [0.1, 0.15) is 64.0 Å². The highest BCUT2D eigenvalue weighted by Crippen LogP contribution is 2.19. The molecule has 2 fully saturated rings. The molecule has 0 aliphatic carbocycles. The van der Waals surface area contributed by atoms with Gasteiger partial charge in [0.25, 0.3) is 0 Å². The normalized spacial score (nSPS) is 20.2. The molecule has 0 radical (unpaired) electrons. The van der Waals surface area contributed by atoms with Gasteiger partial charge in [-0.3, -0.25) is 4.90 Å². The molecule has 1 atom stereocenters. The van der Waals surface area contributed by atoms with Crippen molar-refractivity contribution in [3.63, 3.8) is 0 Å². The van der Waals surface area contributed by atoms with Crippen molar-refractivity contribution in [2.75, 3.05) is 39.9 Å². The number of likely N-dealkylation sites (tertiary alicyclic amines) is 1. The maximum Gasteiger partial charge on any atom is 0.194 e. The number of hydrogen-bond donors (Lipinski definition) is 1. The molecule has 0 amide bonds. The molecule has 188 valence electrons. The van der Waals surface area contributed by atoms with Gasteiger partial charge in [-0.15, -0.1) is 24.0 Å². The van der Waals surface area contributed by atoms with Crippen LogP contribution < -0.4 is 5.32 Å². The second-order valence-electron chi connectivity index (χ2n) is 9.46. The summed E-state index contributed by atoms with van der Waals surface area (Å²) in [6, 6.07) is 9.22. The largest absolute Gasteiger partial charge is 0.376 e. The van der Waals surface area contributed by atoms with E-state index in [0.717, 1.165) is 64.6 Å². The first kappa shape index (κ1) is 28.3. The zero-order valence-electron chi connectivity index (χ0n) is 21.1. The van der Waals surface area contributed by atoms with Crippen LogP contribution in [-0.2, 0) is 22.6 Å². The van der Waals surface area contributed by atoms with Gasteiger partial charge in [0.2, 0.25) is 0 Å². The lowest BCUT2D eigenvalue weighted by Gasteiger charge is -2.35. The van der Waals surface area contributed by atoms with Crippen molar-refractivity contribution in [1.29, 1.82) is 0 Å².